The second kappa shape index (κ2) is 15.4. The lowest BCUT2D eigenvalue weighted by atomic mass is 9.90. The monoisotopic (exact) mass is 757 g/mol. The van der Waals surface area contributed by atoms with E-state index in [0.29, 0.717) is 70.5 Å². The maximum Gasteiger partial charge on any atom is 0.418 e. The van der Waals surface area contributed by atoms with E-state index in [2.05, 4.69) is 22.2 Å². The maximum atomic E-state index is 14.1. The number of carbonyl (C=O) groups is 3. The summed E-state index contributed by atoms with van der Waals surface area (Å²) in [6.45, 7) is 5.56. The number of amides is 4. The number of nitrogens with two attached hydrogens (primary N) is 1. The van der Waals surface area contributed by atoms with Gasteiger partial charge in [0.2, 0.25) is 11.8 Å². The molecule has 2 aromatic rings. The molecule has 6 rings (SSSR count). The molecule has 3 N–H and O–H groups in total. The molecule has 4 aliphatic heterocycles. The van der Waals surface area contributed by atoms with E-state index in [1.807, 2.05) is 11.4 Å². The Kier molecular flexibility index (Phi) is 11.3. The third-order valence-corrected chi connectivity index (χ3v) is 11.8. The van der Waals surface area contributed by atoms with Crippen molar-refractivity contribution in [2.75, 3.05) is 70.5 Å². The van der Waals surface area contributed by atoms with Gasteiger partial charge in [0.1, 0.15) is 5.00 Å². The summed E-state index contributed by atoms with van der Waals surface area (Å²) in [5.74, 6) is -2.07. The molecule has 0 saturated carbocycles. The van der Waals surface area contributed by atoms with Gasteiger partial charge in [-0.25, -0.2) is 4.79 Å². The highest BCUT2D eigenvalue weighted by atomic mass is 32.1. The first kappa shape index (κ1) is 38.2. The maximum absolute atomic E-state index is 14.1. The molecule has 1 atom stereocenters. The lowest BCUT2D eigenvalue weighted by Gasteiger charge is -2.41. The van der Waals surface area contributed by atoms with Gasteiger partial charge in [-0.1, -0.05) is 0 Å². The zero-order valence-electron chi connectivity index (χ0n) is 29.1. The van der Waals surface area contributed by atoms with Crippen molar-refractivity contribution >= 4 is 39.9 Å². The van der Waals surface area contributed by atoms with Gasteiger partial charge in [0.15, 0.2) is 0 Å². The molecule has 3 saturated heterocycles. The number of hydrogen-bond acceptors (Lipinski definition) is 7. The number of halogens is 6. The molecule has 0 bridgehead atoms. The summed E-state index contributed by atoms with van der Waals surface area (Å²) in [5, 5.41) is 5.62. The summed E-state index contributed by atoms with van der Waals surface area (Å²) in [4.78, 5) is 50.3. The molecular formula is C35H45F6N7O3S. The molecule has 17 heteroatoms. The number of nitrogens with zero attached hydrogens (tertiary/aromatic N) is 5. The standard InChI is InChI=1S/C35H45F6N7O3S/c1-44-8-2-9-45(15-14-44)25-3-12-47(13-4-25)32(50)24(17-22-18-27(34(36,37)38)30(42)28(19-22)35(39,40)41)20-29(49)46-10-5-26(6-11-46)48-21-23-7-16-52-31(23)43-33(48)51/h7,16,18-19,24-26H,2-6,8-15,17,20-21,42H2,1H3,(H,43,51)/t24-/m0/s1. The normalized spacial score (nSPS) is 21.1. The molecule has 4 aliphatic rings. The molecule has 10 nitrogen and oxygen atoms in total. The first-order chi connectivity index (χ1) is 24.6. The number of benzene rings is 1. The van der Waals surface area contributed by atoms with Gasteiger partial charge in [0, 0.05) is 63.3 Å². The average molecular weight is 758 g/mol. The van der Waals surface area contributed by atoms with E-state index in [4.69, 9.17) is 5.73 Å². The van der Waals surface area contributed by atoms with Crippen molar-refractivity contribution in [1.82, 2.24) is 24.5 Å². The number of fused-ring (bicyclic) bond motifs is 1. The molecule has 1 aromatic heterocycles. The fourth-order valence-corrected chi connectivity index (χ4v) is 8.83. The summed E-state index contributed by atoms with van der Waals surface area (Å²) in [6, 6.07) is 2.99. The van der Waals surface area contributed by atoms with Crippen LogP contribution in [0.1, 0.15) is 60.8 Å². The third kappa shape index (κ3) is 8.62. The van der Waals surface area contributed by atoms with Crippen LogP contribution in [-0.4, -0.2) is 114 Å². The van der Waals surface area contributed by atoms with Crippen LogP contribution < -0.4 is 11.1 Å². The Labute approximate surface area is 302 Å². The van der Waals surface area contributed by atoms with Crippen LogP contribution >= 0.6 is 11.3 Å². The van der Waals surface area contributed by atoms with Crippen LogP contribution in [0.15, 0.2) is 23.6 Å². The number of alkyl halides is 6. The lowest BCUT2D eigenvalue weighted by molar-refractivity contribution is -0.143. The van der Waals surface area contributed by atoms with E-state index >= 15 is 0 Å². The van der Waals surface area contributed by atoms with Gasteiger partial charge in [-0.2, -0.15) is 26.3 Å². The zero-order chi connectivity index (χ0) is 37.4. The molecule has 0 unspecified atom stereocenters. The highest BCUT2D eigenvalue weighted by Crippen LogP contribution is 2.42. The van der Waals surface area contributed by atoms with Crippen molar-refractivity contribution in [3.63, 3.8) is 0 Å². The number of thiophene rings is 1. The van der Waals surface area contributed by atoms with Crippen LogP contribution in [0.5, 0.6) is 0 Å². The number of hydrogen-bond donors (Lipinski definition) is 2. The fourth-order valence-electron chi connectivity index (χ4n) is 8.03. The second-order valence-electron chi connectivity index (χ2n) is 14.4. The van der Waals surface area contributed by atoms with Gasteiger partial charge < -0.3 is 25.3 Å². The smallest absolute Gasteiger partial charge is 0.398 e. The number of rotatable bonds is 7. The second-order valence-corrected chi connectivity index (χ2v) is 15.3. The Hall–Kier alpha value is -3.57. The number of anilines is 2. The van der Waals surface area contributed by atoms with Gasteiger partial charge in [-0.15, -0.1) is 11.3 Å². The van der Waals surface area contributed by atoms with E-state index in [-0.39, 0.29) is 30.1 Å². The molecule has 3 fully saturated rings. The summed E-state index contributed by atoms with van der Waals surface area (Å²) >= 11 is 1.45. The van der Waals surface area contributed by atoms with Crippen LogP contribution in [0.3, 0.4) is 0 Å². The largest absolute Gasteiger partial charge is 0.418 e. The molecular weight excluding hydrogens is 712 g/mol. The number of urea groups is 1. The first-order valence-corrected chi connectivity index (χ1v) is 18.7. The predicted octanol–water partition coefficient (Wildman–Crippen LogP) is 5.58. The van der Waals surface area contributed by atoms with Crippen molar-refractivity contribution in [3.8, 4) is 0 Å². The third-order valence-electron chi connectivity index (χ3n) is 11.0. The first-order valence-electron chi connectivity index (χ1n) is 17.8. The molecule has 4 amide bonds. The van der Waals surface area contributed by atoms with Gasteiger partial charge in [0.25, 0.3) is 0 Å². The number of nitrogens with one attached hydrogen (secondary N) is 1. The van der Waals surface area contributed by atoms with E-state index in [1.165, 1.54) is 11.3 Å². The van der Waals surface area contributed by atoms with E-state index < -0.39 is 53.3 Å². The molecule has 286 valence electrons. The number of likely N-dealkylation sites (N-methyl/N-ethyl adjacent to an activating group) is 1. The van der Waals surface area contributed by atoms with Gasteiger partial charge in [-0.05, 0) is 87.8 Å². The Morgan fingerprint density at radius 2 is 1.50 bits per heavy atom. The van der Waals surface area contributed by atoms with Crippen LogP contribution in [0.2, 0.25) is 0 Å². The van der Waals surface area contributed by atoms with Crippen LogP contribution in [0.25, 0.3) is 0 Å². The zero-order valence-corrected chi connectivity index (χ0v) is 29.9. The minimum absolute atomic E-state index is 0.128. The average Bonchev–Trinajstić information content (AvgIpc) is 3.44. The summed E-state index contributed by atoms with van der Waals surface area (Å²) in [7, 11) is 2.08. The lowest BCUT2D eigenvalue weighted by Crippen LogP contribution is -2.51. The highest BCUT2D eigenvalue weighted by Gasteiger charge is 2.42. The number of nitrogen functional groups attached to an aromatic ring is 1. The Bertz CT molecular complexity index is 1580. The van der Waals surface area contributed by atoms with E-state index in [9.17, 15) is 40.7 Å². The van der Waals surface area contributed by atoms with Crippen molar-refractivity contribution in [2.45, 2.75) is 75.9 Å². The minimum Gasteiger partial charge on any atom is -0.398 e. The Morgan fingerprint density at radius 3 is 2.13 bits per heavy atom. The molecule has 0 spiro atoms. The van der Waals surface area contributed by atoms with Gasteiger partial charge >= 0.3 is 18.4 Å². The fraction of sp³-hybridized carbons (Fsp3) is 0.629. The van der Waals surface area contributed by atoms with Crippen LogP contribution in [0.4, 0.5) is 41.8 Å². The van der Waals surface area contributed by atoms with Crippen LogP contribution in [0, 0.1) is 5.92 Å². The van der Waals surface area contributed by atoms with Crippen molar-refractivity contribution in [1.29, 1.82) is 0 Å². The molecule has 52 heavy (non-hydrogen) atoms. The predicted molar refractivity (Wildman–Crippen MR) is 184 cm³/mol. The molecule has 5 heterocycles. The van der Waals surface area contributed by atoms with Crippen molar-refractivity contribution < 1.29 is 40.7 Å². The molecule has 0 radical (unpaired) electrons. The number of carbonyl (C=O) groups excluding carboxylic acids is 3. The van der Waals surface area contributed by atoms with Crippen molar-refractivity contribution in [2.24, 2.45) is 5.92 Å². The Balaban J connectivity index is 1.17. The van der Waals surface area contributed by atoms with Crippen LogP contribution in [-0.2, 0) is 34.9 Å². The minimum atomic E-state index is -5.17. The highest BCUT2D eigenvalue weighted by molar-refractivity contribution is 7.14. The van der Waals surface area contributed by atoms with Gasteiger partial charge in [-0.3, -0.25) is 19.8 Å². The number of piperidine rings is 2. The summed E-state index contributed by atoms with van der Waals surface area (Å²) in [5.41, 5.74) is 1.34. The van der Waals surface area contributed by atoms with Crippen molar-refractivity contribution in [3.05, 3.63) is 45.8 Å². The summed E-state index contributed by atoms with van der Waals surface area (Å²) < 4.78 is 83.4. The SMILES string of the molecule is CN1CCCN(C2CCN(C(=O)[C@H](CC(=O)N3CCC(N4Cc5ccsc5NC4=O)CC3)Cc3cc(C(F)(F)F)c(N)c(C(F)(F)F)c3)CC2)CC1. The topological polar surface area (TPSA) is 105 Å². The van der Waals surface area contributed by atoms with E-state index in [1.54, 1.807) is 14.7 Å². The quantitative estimate of drug-likeness (QED) is 0.282. The number of likely N-dealkylation sites (tertiary alicyclic amines) is 2. The Morgan fingerprint density at radius 1 is 0.885 bits per heavy atom. The van der Waals surface area contributed by atoms with E-state index in [0.717, 1.165) is 43.2 Å². The molecule has 0 aliphatic carbocycles. The summed E-state index contributed by atoms with van der Waals surface area (Å²) in [6.07, 6.45) is -7.85. The van der Waals surface area contributed by atoms with Gasteiger partial charge in [0.05, 0.1) is 29.3 Å². The molecule has 1 aromatic carbocycles.